The van der Waals surface area contributed by atoms with Crippen LogP contribution in [-0.4, -0.2) is 6.41 Å². The molecule has 3 nitrogen and oxygen atoms in total. The SMILES string of the molecule is C=C(ONC=O)c1ccccc1. The molecule has 1 aromatic carbocycles. The average molecular weight is 163 g/mol. The van der Waals surface area contributed by atoms with E-state index in [-0.39, 0.29) is 0 Å². The second-order valence-electron chi connectivity index (χ2n) is 2.13. The van der Waals surface area contributed by atoms with E-state index in [1.54, 1.807) is 0 Å². The predicted octanol–water partition coefficient (Wildman–Crippen LogP) is 1.33. The highest BCUT2D eigenvalue weighted by molar-refractivity contribution is 5.58. The Morgan fingerprint density at radius 1 is 1.42 bits per heavy atom. The molecule has 0 fully saturated rings. The van der Waals surface area contributed by atoms with E-state index < -0.39 is 0 Å². The summed E-state index contributed by atoms with van der Waals surface area (Å²) in [5, 5.41) is 0. The second kappa shape index (κ2) is 4.18. The van der Waals surface area contributed by atoms with Gasteiger partial charge in [0.1, 0.15) is 0 Å². The molecule has 0 aliphatic carbocycles. The third kappa shape index (κ3) is 2.12. The Bertz CT molecular complexity index is 269. The Labute approximate surface area is 70.6 Å². The largest absolute Gasteiger partial charge is 0.380 e. The zero-order chi connectivity index (χ0) is 8.81. The van der Waals surface area contributed by atoms with Crippen molar-refractivity contribution < 1.29 is 9.63 Å². The minimum Gasteiger partial charge on any atom is -0.380 e. The summed E-state index contributed by atoms with van der Waals surface area (Å²) in [6, 6.07) is 9.31. The van der Waals surface area contributed by atoms with Gasteiger partial charge in [-0.2, -0.15) is 5.48 Å². The van der Waals surface area contributed by atoms with Gasteiger partial charge >= 0.3 is 0 Å². The van der Waals surface area contributed by atoms with E-state index in [2.05, 4.69) is 12.1 Å². The molecular formula is C9H9NO2. The highest BCUT2D eigenvalue weighted by atomic mass is 16.7. The maximum atomic E-state index is 9.86. The minimum absolute atomic E-state index is 0.419. The Morgan fingerprint density at radius 2 is 2.08 bits per heavy atom. The standard InChI is InChI=1S/C9H9NO2/c1-8(12-10-7-11)9-5-3-2-4-6-9/h2-7H,1H2,(H,10,11). The lowest BCUT2D eigenvalue weighted by molar-refractivity contribution is -0.116. The molecule has 0 saturated heterocycles. The van der Waals surface area contributed by atoms with Crippen molar-refractivity contribution in [2.75, 3.05) is 0 Å². The molecule has 12 heavy (non-hydrogen) atoms. The smallest absolute Gasteiger partial charge is 0.239 e. The van der Waals surface area contributed by atoms with Crippen molar-refractivity contribution in [3.63, 3.8) is 0 Å². The molecule has 0 aliphatic rings. The number of amides is 1. The first kappa shape index (κ1) is 8.33. The predicted molar refractivity (Wildman–Crippen MR) is 45.8 cm³/mol. The van der Waals surface area contributed by atoms with Gasteiger partial charge in [-0.1, -0.05) is 36.9 Å². The lowest BCUT2D eigenvalue weighted by Gasteiger charge is -2.04. The number of hydroxylamine groups is 1. The summed E-state index contributed by atoms with van der Waals surface area (Å²) in [6.07, 6.45) is 0.453. The Morgan fingerprint density at radius 3 is 2.67 bits per heavy atom. The summed E-state index contributed by atoms with van der Waals surface area (Å²) in [6.45, 7) is 3.62. The number of benzene rings is 1. The Balaban J connectivity index is 2.59. The fourth-order valence-electron chi connectivity index (χ4n) is 0.778. The van der Waals surface area contributed by atoms with Crippen LogP contribution in [0.15, 0.2) is 36.9 Å². The van der Waals surface area contributed by atoms with Crippen LogP contribution < -0.4 is 5.48 Å². The third-order valence-corrected chi connectivity index (χ3v) is 1.33. The normalized spacial score (nSPS) is 8.67. The third-order valence-electron chi connectivity index (χ3n) is 1.33. The molecule has 1 N–H and O–H groups in total. The van der Waals surface area contributed by atoms with Crippen molar-refractivity contribution in [1.82, 2.24) is 5.48 Å². The molecule has 0 aromatic heterocycles. The number of hydrogen-bond acceptors (Lipinski definition) is 2. The zero-order valence-electron chi connectivity index (χ0n) is 6.49. The van der Waals surface area contributed by atoms with E-state index in [1.165, 1.54) is 0 Å². The van der Waals surface area contributed by atoms with E-state index in [0.29, 0.717) is 12.2 Å². The fourth-order valence-corrected chi connectivity index (χ4v) is 0.778. The molecule has 0 atom stereocenters. The average Bonchev–Trinajstić information content (AvgIpc) is 2.15. The topological polar surface area (TPSA) is 38.3 Å². The van der Waals surface area contributed by atoms with E-state index in [0.717, 1.165) is 5.56 Å². The van der Waals surface area contributed by atoms with Gasteiger partial charge in [-0.25, -0.2) is 0 Å². The number of hydrogen-bond donors (Lipinski definition) is 1. The molecule has 1 rings (SSSR count). The van der Waals surface area contributed by atoms with Gasteiger partial charge in [0, 0.05) is 5.56 Å². The lowest BCUT2D eigenvalue weighted by Crippen LogP contribution is -2.09. The second-order valence-corrected chi connectivity index (χ2v) is 2.13. The van der Waals surface area contributed by atoms with Crippen LogP contribution in [0.4, 0.5) is 0 Å². The van der Waals surface area contributed by atoms with Crippen molar-refractivity contribution in [3.8, 4) is 0 Å². The summed E-state index contributed by atoms with van der Waals surface area (Å²) < 4.78 is 0. The molecule has 1 aromatic rings. The molecule has 1 amide bonds. The van der Waals surface area contributed by atoms with Crippen LogP contribution >= 0.6 is 0 Å². The Hall–Kier alpha value is -1.77. The van der Waals surface area contributed by atoms with E-state index in [9.17, 15) is 4.79 Å². The van der Waals surface area contributed by atoms with Gasteiger partial charge in [0.25, 0.3) is 0 Å². The van der Waals surface area contributed by atoms with Crippen LogP contribution in [0.3, 0.4) is 0 Å². The van der Waals surface area contributed by atoms with Gasteiger partial charge in [0.05, 0.1) is 0 Å². The van der Waals surface area contributed by atoms with Crippen molar-refractivity contribution in [2.24, 2.45) is 0 Å². The summed E-state index contributed by atoms with van der Waals surface area (Å²) in [7, 11) is 0. The maximum absolute atomic E-state index is 9.86. The molecule has 0 heterocycles. The van der Waals surface area contributed by atoms with Gasteiger partial charge < -0.3 is 4.84 Å². The van der Waals surface area contributed by atoms with E-state index in [1.807, 2.05) is 30.3 Å². The summed E-state index contributed by atoms with van der Waals surface area (Å²) in [5.74, 6) is 0.419. The molecule has 0 spiro atoms. The quantitative estimate of drug-likeness (QED) is 0.413. The molecule has 0 radical (unpaired) electrons. The Kier molecular flexibility index (Phi) is 2.90. The van der Waals surface area contributed by atoms with Crippen molar-refractivity contribution in [1.29, 1.82) is 0 Å². The number of nitrogens with one attached hydrogen (secondary N) is 1. The zero-order valence-corrected chi connectivity index (χ0v) is 6.49. The summed E-state index contributed by atoms with van der Waals surface area (Å²) in [4.78, 5) is 14.6. The van der Waals surface area contributed by atoms with E-state index in [4.69, 9.17) is 4.84 Å². The molecule has 0 unspecified atom stereocenters. The van der Waals surface area contributed by atoms with Gasteiger partial charge in [0.15, 0.2) is 5.76 Å². The van der Waals surface area contributed by atoms with Crippen molar-refractivity contribution >= 4 is 12.2 Å². The molecule has 0 bridgehead atoms. The molecular weight excluding hydrogens is 154 g/mol. The maximum Gasteiger partial charge on any atom is 0.239 e. The first-order chi connectivity index (χ1) is 5.84. The number of carbonyl (C=O) groups excluding carboxylic acids is 1. The number of carbonyl (C=O) groups is 1. The first-order valence-electron chi connectivity index (χ1n) is 3.45. The van der Waals surface area contributed by atoms with Crippen LogP contribution in [0.1, 0.15) is 5.56 Å². The highest BCUT2D eigenvalue weighted by Gasteiger charge is 1.96. The van der Waals surface area contributed by atoms with Gasteiger partial charge in [0.2, 0.25) is 6.41 Å². The summed E-state index contributed by atoms with van der Waals surface area (Å²) in [5.41, 5.74) is 2.91. The summed E-state index contributed by atoms with van der Waals surface area (Å²) >= 11 is 0. The molecule has 3 heteroatoms. The van der Waals surface area contributed by atoms with Crippen LogP contribution in [0.5, 0.6) is 0 Å². The first-order valence-corrected chi connectivity index (χ1v) is 3.45. The molecule has 62 valence electrons. The van der Waals surface area contributed by atoms with Crippen molar-refractivity contribution in [3.05, 3.63) is 42.5 Å². The van der Waals surface area contributed by atoms with Crippen LogP contribution in [0.25, 0.3) is 5.76 Å². The van der Waals surface area contributed by atoms with Gasteiger partial charge in [-0.05, 0) is 0 Å². The number of rotatable bonds is 4. The fraction of sp³-hybridized carbons (Fsp3) is 0. The lowest BCUT2D eigenvalue weighted by atomic mass is 10.2. The van der Waals surface area contributed by atoms with Gasteiger partial charge in [-0.15, -0.1) is 0 Å². The molecule has 0 saturated carbocycles. The van der Waals surface area contributed by atoms with Crippen molar-refractivity contribution in [2.45, 2.75) is 0 Å². The van der Waals surface area contributed by atoms with Crippen LogP contribution in [-0.2, 0) is 9.63 Å². The highest BCUT2D eigenvalue weighted by Crippen LogP contribution is 2.10. The van der Waals surface area contributed by atoms with Crippen LogP contribution in [0.2, 0.25) is 0 Å². The molecule has 0 aliphatic heterocycles. The van der Waals surface area contributed by atoms with E-state index >= 15 is 0 Å². The minimum atomic E-state index is 0.419. The monoisotopic (exact) mass is 163 g/mol. The van der Waals surface area contributed by atoms with Crippen LogP contribution in [0, 0.1) is 0 Å². The van der Waals surface area contributed by atoms with Gasteiger partial charge in [-0.3, -0.25) is 4.79 Å².